The van der Waals surface area contributed by atoms with Gasteiger partial charge in [-0.05, 0) is 5.92 Å². The highest BCUT2D eigenvalue weighted by Crippen LogP contribution is 2.32. The van der Waals surface area contributed by atoms with Crippen molar-refractivity contribution in [1.82, 2.24) is 0 Å². The maximum atomic E-state index is 5.63. The van der Waals surface area contributed by atoms with Gasteiger partial charge < -0.3 is 14.2 Å². The fraction of sp³-hybridized carbons (Fsp3) is 1.00. The first-order valence-corrected chi connectivity index (χ1v) is 4.38. The van der Waals surface area contributed by atoms with E-state index in [-0.39, 0.29) is 12.4 Å². The van der Waals surface area contributed by atoms with Crippen molar-refractivity contribution in [3.8, 4) is 0 Å². The third-order valence-electron chi connectivity index (χ3n) is 2.72. The largest absolute Gasteiger partial charge is 0.382 e. The topological polar surface area (TPSA) is 27.7 Å². The summed E-state index contributed by atoms with van der Waals surface area (Å²) in [4.78, 5) is 0. The summed E-state index contributed by atoms with van der Waals surface area (Å²) in [6.45, 7) is 4.98. The van der Waals surface area contributed by atoms with Crippen LogP contribution in [-0.4, -0.2) is 33.2 Å². The van der Waals surface area contributed by atoms with E-state index in [4.69, 9.17) is 14.2 Å². The summed E-state index contributed by atoms with van der Waals surface area (Å²) in [5, 5.41) is 0. The zero-order chi connectivity index (χ0) is 9.14. The lowest BCUT2D eigenvalue weighted by molar-refractivity contribution is -0.138. The van der Waals surface area contributed by atoms with Crippen LogP contribution in [0.15, 0.2) is 0 Å². The van der Waals surface area contributed by atoms with Gasteiger partial charge in [-0.1, -0.05) is 13.8 Å². The van der Waals surface area contributed by atoms with Crippen molar-refractivity contribution in [3.05, 3.63) is 0 Å². The molecule has 0 spiro atoms. The van der Waals surface area contributed by atoms with Crippen LogP contribution in [0.3, 0.4) is 0 Å². The van der Waals surface area contributed by atoms with Crippen molar-refractivity contribution in [2.24, 2.45) is 11.8 Å². The minimum atomic E-state index is -0.0554. The molecule has 3 heteroatoms. The van der Waals surface area contributed by atoms with E-state index in [1.54, 1.807) is 14.2 Å². The highest BCUT2D eigenvalue weighted by atomic mass is 16.7. The second-order valence-corrected chi connectivity index (χ2v) is 3.45. The predicted molar refractivity (Wildman–Crippen MR) is 45.9 cm³/mol. The van der Waals surface area contributed by atoms with Crippen molar-refractivity contribution >= 4 is 0 Å². The summed E-state index contributed by atoms with van der Waals surface area (Å²) in [6.07, 6.45) is 0.134. The van der Waals surface area contributed by atoms with Gasteiger partial charge in [0.15, 0.2) is 6.29 Å². The third-order valence-corrected chi connectivity index (χ3v) is 2.72. The molecule has 0 radical (unpaired) electrons. The Morgan fingerprint density at radius 2 is 1.83 bits per heavy atom. The summed E-state index contributed by atoms with van der Waals surface area (Å²) in [6, 6.07) is 0. The van der Waals surface area contributed by atoms with Crippen molar-refractivity contribution < 1.29 is 14.2 Å². The van der Waals surface area contributed by atoms with Crippen LogP contribution < -0.4 is 0 Å². The van der Waals surface area contributed by atoms with E-state index in [0.717, 1.165) is 0 Å². The summed E-state index contributed by atoms with van der Waals surface area (Å²) in [5.74, 6) is 0.963. The Morgan fingerprint density at radius 1 is 1.17 bits per heavy atom. The van der Waals surface area contributed by atoms with Crippen LogP contribution in [0, 0.1) is 11.8 Å². The normalized spacial score (nSPS) is 42.0. The van der Waals surface area contributed by atoms with E-state index in [1.807, 2.05) is 0 Å². The monoisotopic (exact) mass is 174 g/mol. The molecule has 72 valence electrons. The van der Waals surface area contributed by atoms with Gasteiger partial charge in [0.2, 0.25) is 0 Å². The molecular formula is C9H18O3. The molecule has 1 aliphatic heterocycles. The minimum absolute atomic E-state index is 0.0554. The van der Waals surface area contributed by atoms with E-state index >= 15 is 0 Å². The van der Waals surface area contributed by atoms with Gasteiger partial charge in [-0.2, -0.15) is 0 Å². The Morgan fingerprint density at radius 3 is 2.25 bits per heavy atom. The smallest absolute Gasteiger partial charge is 0.160 e. The highest BCUT2D eigenvalue weighted by Gasteiger charge is 2.38. The van der Waals surface area contributed by atoms with Crippen molar-refractivity contribution in [2.45, 2.75) is 26.2 Å². The number of hydrogen-bond acceptors (Lipinski definition) is 3. The molecule has 12 heavy (non-hydrogen) atoms. The van der Waals surface area contributed by atoms with Crippen molar-refractivity contribution in [3.63, 3.8) is 0 Å². The van der Waals surface area contributed by atoms with Crippen molar-refractivity contribution in [1.29, 1.82) is 0 Å². The Kier molecular flexibility index (Phi) is 3.50. The van der Waals surface area contributed by atoms with E-state index in [0.29, 0.717) is 18.4 Å². The molecule has 0 aromatic carbocycles. The molecular weight excluding hydrogens is 156 g/mol. The number of rotatable bonds is 3. The molecule has 1 saturated heterocycles. The Bertz CT molecular complexity index is 138. The van der Waals surface area contributed by atoms with Crippen LogP contribution in [0.5, 0.6) is 0 Å². The van der Waals surface area contributed by atoms with Crippen LogP contribution in [0.25, 0.3) is 0 Å². The standard InChI is InChI=1S/C9H18O3/c1-6-7(2)9(11-4)12-8(6)5-10-3/h6-9H,5H2,1-4H3/t6-,7+,8+,9?/m0/s1. The van der Waals surface area contributed by atoms with Crippen LogP contribution in [-0.2, 0) is 14.2 Å². The molecule has 0 aromatic rings. The van der Waals surface area contributed by atoms with E-state index < -0.39 is 0 Å². The molecule has 0 N–H and O–H groups in total. The fourth-order valence-electron chi connectivity index (χ4n) is 1.63. The van der Waals surface area contributed by atoms with Crippen LogP contribution in [0.4, 0.5) is 0 Å². The molecule has 1 aliphatic rings. The van der Waals surface area contributed by atoms with E-state index in [1.165, 1.54) is 0 Å². The average molecular weight is 174 g/mol. The average Bonchev–Trinajstić information content (AvgIpc) is 2.33. The van der Waals surface area contributed by atoms with Gasteiger partial charge in [0.25, 0.3) is 0 Å². The second kappa shape index (κ2) is 4.21. The second-order valence-electron chi connectivity index (χ2n) is 3.45. The molecule has 1 fully saturated rings. The molecule has 1 unspecified atom stereocenters. The Balaban J connectivity index is 2.48. The first kappa shape index (κ1) is 9.96. The van der Waals surface area contributed by atoms with Gasteiger partial charge in [-0.25, -0.2) is 0 Å². The van der Waals surface area contributed by atoms with Gasteiger partial charge in [0.1, 0.15) is 0 Å². The first-order valence-electron chi connectivity index (χ1n) is 4.38. The summed E-state index contributed by atoms with van der Waals surface area (Å²) in [5.41, 5.74) is 0. The van der Waals surface area contributed by atoms with Gasteiger partial charge in [-0.3, -0.25) is 0 Å². The molecule has 3 nitrogen and oxygen atoms in total. The van der Waals surface area contributed by atoms with E-state index in [9.17, 15) is 0 Å². The molecule has 1 heterocycles. The van der Waals surface area contributed by atoms with Gasteiger partial charge in [-0.15, -0.1) is 0 Å². The van der Waals surface area contributed by atoms with Gasteiger partial charge in [0, 0.05) is 20.1 Å². The maximum Gasteiger partial charge on any atom is 0.160 e. The van der Waals surface area contributed by atoms with Crippen LogP contribution >= 0.6 is 0 Å². The van der Waals surface area contributed by atoms with Gasteiger partial charge in [0.05, 0.1) is 12.7 Å². The number of hydrogen-bond donors (Lipinski definition) is 0. The lowest BCUT2D eigenvalue weighted by Crippen LogP contribution is -2.21. The first-order chi connectivity index (χ1) is 5.70. The molecule has 0 aliphatic carbocycles. The lowest BCUT2D eigenvalue weighted by Gasteiger charge is -2.13. The molecule has 1 rings (SSSR count). The zero-order valence-corrected chi connectivity index (χ0v) is 8.24. The number of ether oxygens (including phenoxy) is 3. The van der Waals surface area contributed by atoms with Crippen molar-refractivity contribution in [2.75, 3.05) is 20.8 Å². The summed E-state index contributed by atoms with van der Waals surface area (Å²) < 4.78 is 15.9. The Labute approximate surface area is 74.0 Å². The quantitative estimate of drug-likeness (QED) is 0.645. The van der Waals surface area contributed by atoms with Crippen LogP contribution in [0.2, 0.25) is 0 Å². The molecule has 0 aromatic heterocycles. The van der Waals surface area contributed by atoms with E-state index in [2.05, 4.69) is 13.8 Å². The number of methoxy groups -OCH3 is 2. The molecule has 4 atom stereocenters. The summed E-state index contributed by atoms with van der Waals surface area (Å²) in [7, 11) is 3.38. The highest BCUT2D eigenvalue weighted by molar-refractivity contribution is 4.81. The lowest BCUT2D eigenvalue weighted by atomic mass is 9.94. The SMILES string of the molecule is COC[C@H]1OC(OC)[C@H](C)[C@@H]1C. The third kappa shape index (κ3) is 1.79. The van der Waals surface area contributed by atoms with Crippen LogP contribution in [0.1, 0.15) is 13.8 Å². The minimum Gasteiger partial charge on any atom is -0.382 e. The fourth-order valence-corrected chi connectivity index (χ4v) is 1.63. The zero-order valence-electron chi connectivity index (χ0n) is 8.24. The predicted octanol–water partition coefficient (Wildman–Crippen LogP) is 1.28. The Hall–Kier alpha value is -0.120. The van der Waals surface area contributed by atoms with Gasteiger partial charge >= 0.3 is 0 Å². The molecule has 0 bridgehead atoms. The summed E-state index contributed by atoms with van der Waals surface area (Å²) >= 11 is 0. The maximum absolute atomic E-state index is 5.63. The molecule has 0 amide bonds. The molecule has 0 saturated carbocycles.